The number of rotatable bonds is 4. The molecule has 0 radical (unpaired) electrons. The predicted molar refractivity (Wildman–Crippen MR) is 109 cm³/mol. The average molecular weight is 382 g/mol. The van der Waals surface area contributed by atoms with Crippen molar-refractivity contribution in [3.63, 3.8) is 0 Å². The van der Waals surface area contributed by atoms with Gasteiger partial charge in [0.1, 0.15) is 5.82 Å². The summed E-state index contributed by atoms with van der Waals surface area (Å²) in [6.45, 7) is 7.09. The van der Waals surface area contributed by atoms with Gasteiger partial charge in [-0.1, -0.05) is 35.9 Å². The lowest BCUT2D eigenvalue weighted by molar-refractivity contribution is -0.133. The number of nitrogens with one attached hydrogen (secondary N) is 1. The quantitative estimate of drug-likeness (QED) is 0.863. The Morgan fingerprint density at radius 1 is 1.07 bits per heavy atom. The number of nitrogens with zero attached hydrogens (tertiary/aromatic N) is 1. The van der Waals surface area contributed by atoms with Crippen LogP contribution in [0.5, 0.6) is 0 Å². The van der Waals surface area contributed by atoms with Crippen molar-refractivity contribution < 1.29 is 14.0 Å². The van der Waals surface area contributed by atoms with Crippen molar-refractivity contribution in [2.75, 3.05) is 18.4 Å². The number of aryl methyl sites for hydroxylation is 3. The summed E-state index contributed by atoms with van der Waals surface area (Å²) in [4.78, 5) is 26.9. The number of carbonyl (C=O) groups is 2. The zero-order valence-corrected chi connectivity index (χ0v) is 16.7. The first-order valence-electron chi connectivity index (χ1n) is 9.75. The second-order valence-electron chi connectivity index (χ2n) is 7.69. The van der Waals surface area contributed by atoms with Crippen LogP contribution in [0.3, 0.4) is 0 Å². The van der Waals surface area contributed by atoms with Crippen LogP contribution < -0.4 is 5.32 Å². The van der Waals surface area contributed by atoms with Crippen LogP contribution in [0.15, 0.2) is 36.4 Å². The number of anilines is 1. The van der Waals surface area contributed by atoms with Gasteiger partial charge in [-0.2, -0.15) is 0 Å². The van der Waals surface area contributed by atoms with E-state index >= 15 is 0 Å². The van der Waals surface area contributed by atoms with Crippen LogP contribution >= 0.6 is 0 Å². The highest BCUT2D eigenvalue weighted by molar-refractivity contribution is 5.94. The molecule has 2 aromatic carbocycles. The Bertz CT molecular complexity index is 863. The number of hydrogen-bond acceptors (Lipinski definition) is 2. The van der Waals surface area contributed by atoms with Crippen molar-refractivity contribution in [1.82, 2.24) is 4.90 Å². The molecule has 3 rings (SSSR count). The van der Waals surface area contributed by atoms with Crippen LogP contribution in [-0.4, -0.2) is 29.8 Å². The molecule has 0 aromatic heterocycles. The molecule has 5 heteroatoms. The Morgan fingerprint density at radius 3 is 2.29 bits per heavy atom. The first-order chi connectivity index (χ1) is 13.3. The molecule has 0 aliphatic carbocycles. The maximum atomic E-state index is 13.8. The molecule has 148 valence electrons. The molecular weight excluding hydrogens is 355 g/mol. The van der Waals surface area contributed by atoms with E-state index in [4.69, 9.17) is 0 Å². The molecule has 4 nitrogen and oxygen atoms in total. The number of piperidine rings is 1. The van der Waals surface area contributed by atoms with E-state index in [1.165, 1.54) is 11.6 Å². The minimum atomic E-state index is -0.353. The molecule has 1 saturated heterocycles. The first kappa shape index (κ1) is 20.1. The second kappa shape index (κ2) is 8.55. The number of amides is 2. The second-order valence-corrected chi connectivity index (χ2v) is 7.69. The minimum absolute atomic E-state index is 0.0104. The molecule has 0 saturated carbocycles. The van der Waals surface area contributed by atoms with E-state index in [0.717, 1.165) is 16.8 Å². The van der Waals surface area contributed by atoms with E-state index in [1.807, 2.05) is 20.8 Å². The highest BCUT2D eigenvalue weighted by Crippen LogP contribution is 2.25. The summed E-state index contributed by atoms with van der Waals surface area (Å²) in [7, 11) is 0. The lowest BCUT2D eigenvalue weighted by Crippen LogP contribution is -2.42. The Labute approximate surface area is 165 Å². The van der Waals surface area contributed by atoms with Crippen LogP contribution in [0, 0.1) is 32.5 Å². The zero-order valence-electron chi connectivity index (χ0n) is 16.7. The van der Waals surface area contributed by atoms with Crippen molar-refractivity contribution in [3.05, 3.63) is 64.5 Å². The molecule has 0 unspecified atom stereocenters. The van der Waals surface area contributed by atoms with Crippen molar-refractivity contribution in [2.45, 2.75) is 40.0 Å². The zero-order chi connectivity index (χ0) is 20.3. The summed E-state index contributed by atoms with van der Waals surface area (Å²) in [6, 6.07) is 10.5. The van der Waals surface area contributed by atoms with Gasteiger partial charge in [0, 0.05) is 24.7 Å². The Morgan fingerprint density at radius 2 is 1.68 bits per heavy atom. The topological polar surface area (TPSA) is 49.4 Å². The molecule has 1 fully saturated rings. The summed E-state index contributed by atoms with van der Waals surface area (Å²) in [5.41, 5.74) is 4.59. The van der Waals surface area contributed by atoms with Crippen LogP contribution in [-0.2, 0) is 16.0 Å². The normalized spacial score (nSPS) is 14.8. The molecule has 0 atom stereocenters. The SMILES string of the molecule is Cc1cc(C)c(NC(=O)C2CCN(C(=O)Cc3ccccc3F)CC2)c(C)c1. The van der Waals surface area contributed by atoms with E-state index < -0.39 is 0 Å². The van der Waals surface area contributed by atoms with Crippen LogP contribution in [0.1, 0.15) is 35.1 Å². The smallest absolute Gasteiger partial charge is 0.227 e. The molecule has 1 aliphatic heterocycles. The Balaban J connectivity index is 1.56. The van der Waals surface area contributed by atoms with E-state index in [2.05, 4.69) is 17.4 Å². The summed E-state index contributed by atoms with van der Waals surface area (Å²) < 4.78 is 13.8. The Hall–Kier alpha value is -2.69. The highest BCUT2D eigenvalue weighted by atomic mass is 19.1. The Kier molecular flexibility index (Phi) is 6.12. The molecule has 2 aromatic rings. The monoisotopic (exact) mass is 382 g/mol. The number of benzene rings is 2. The third-order valence-corrected chi connectivity index (χ3v) is 5.44. The fourth-order valence-corrected chi connectivity index (χ4v) is 3.91. The molecule has 0 bridgehead atoms. The summed E-state index contributed by atoms with van der Waals surface area (Å²) in [5.74, 6) is -0.544. The third kappa shape index (κ3) is 4.58. The van der Waals surface area contributed by atoms with Crippen LogP contribution in [0.2, 0.25) is 0 Å². The first-order valence-corrected chi connectivity index (χ1v) is 9.75. The average Bonchev–Trinajstić information content (AvgIpc) is 2.66. The van der Waals surface area contributed by atoms with Gasteiger partial charge in [-0.25, -0.2) is 4.39 Å². The molecule has 0 spiro atoms. The molecule has 28 heavy (non-hydrogen) atoms. The summed E-state index contributed by atoms with van der Waals surface area (Å²) in [6.07, 6.45) is 1.31. The molecular formula is C23H27FN2O2. The molecule has 1 N–H and O–H groups in total. The standard InChI is InChI=1S/C23H27FN2O2/c1-15-12-16(2)22(17(3)13-15)25-23(28)18-8-10-26(11-9-18)21(27)14-19-6-4-5-7-20(19)24/h4-7,12-13,18H,8-11,14H2,1-3H3,(H,25,28). The van der Waals surface area contributed by atoms with Crippen molar-refractivity contribution >= 4 is 17.5 Å². The van der Waals surface area contributed by atoms with Gasteiger partial charge < -0.3 is 10.2 Å². The van der Waals surface area contributed by atoms with Gasteiger partial charge in [0.25, 0.3) is 0 Å². The summed E-state index contributed by atoms with van der Waals surface area (Å²) in [5, 5.41) is 3.07. The third-order valence-electron chi connectivity index (χ3n) is 5.44. The van der Waals surface area contributed by atoms with Gasteiger partial charge in [-0.05, 0) is 56.4 Å². The molecule has 1 aliphatic rings. The van der Waals surface area contributed by atoms with E-state index in [9.17, 15) is 14.0 Å². The van der Waals surface area contributed by atoms with Crippen LogP contribution in [0.4, 0.5) is 10.1 Å². The lowest BCUT2D eigenvalue weighted by Gasteiger charge is -2.31. The minimum Gasteiger partial charge on any atom is -0.342 e. The van der Waals surface area contributed by atoms with Gasteiger partial charge >= 0.3 is 0 Å². The maximum absolute atomic E-state index is 13.8. The predicted octanol–water partition coefficient (Wildman–Crippen LogP) is 4.17. The van der Waals surface area contributed by atoms with Crippen LogP contribution in [0.25, 0.3) is 0 Å². The number of carbonyl (C=O) groups excluding carboxylic acids is 2. The number of hydrogen-bond donors (Lipinski definition) is 1. The van der Waals surface area contributed by atoms with Gasteiger partial charge in [0.05, 0.1) is 6.42 Å². The van der Waals surface area contributed by atoms with Crippen molar-refractivity contribution in [2.24, 2.45) is 5.92 Å². The lowest BCUT2D eigenvalue weighted by atomic mass is 9.94. The number of halogens is 1. The highest BCUT2D eigenvalue weighted by Gasteiger charge is 2.28. The van der Waals surface area contributed by atoms with Gasteiger partial charge in [-0.15, -0.1) is 0 Å². The molecule has 2 amide bonds. The maximum Gasteiger partial charge on any atom is 0.227 e. The van der Waals surface area contributed by atoms with E-state index in [1.54, 1.807) is 23.1 Å². The van der Waals surface area contributed by atoms with E-state index in [0.29, 0.717) is 31.5 Å². The molecule has 1 heterocycles. The van der Waals surface area contributed by atoms with E-state index in [-0.39, 0.29) is 30.0 Å². The van der Waals surface area contributed by atoms with Gasteiger partial charge in [0.15, 0.2) is 0 Å². The largest absolute Gasteiger partial charge is 0.342 e. The summed E-state index contributed by atoms with van der Waals surface area (Å²) >= 11 is 0. The van der Waals surface area contributed by atoms with Crippen molar-refractivity contribution in [3.8, 4) is 0 Å². The fourth-order valence-electron chi connectivity index (χ4n) is 3.91. The van der Waals surface area contributed by atoms with Gasteiger partial charge in [0.2, 0.25) is 11.8 Å². The van der Waals surface area contributed by atoms with Crippen molar-refractivity contribution in [1.29, 1.82) is 0 Å². The van der Waals surface area contributed by atoms with Gasteiger partial charge in [-0.3, -0.25) is 9.59 Å². The number of likely N-dealkylation sites (tertiary alicyclic amines) is 1. The fraction of sp³-hybridized carbons (Fsp3) is 0.391.